The molecule has 0 aliphatic heterocycles. The molecule has 0 unspecified atom stereocenters. The Labute approximate surface area is 102 Å². The summed E-state index contributed by atoms with van der Waals surface area (Å²) in [5, 5.41) is 2.93. The number of amides is 1. The number of rotatable bonds is 5. The molecule has 0 fully saturated rings. The number of aryl methyl sites for hydroxylation is 1. The summed E-state index contributed by atoms with van der Waals surface area (Å²) in [4.78, 5) is 11.6. The van der Waals surface area contributed by atoms with Crippen molar-refractivity contribution in [1.82, 2.24) is 5.32 Å². The van der Waals surface area contributed by atoms with Crippen molar-refractivity contribution in [3.05, 3.63) is 35.6 Å². The van der Waals surface area contributed by atoms with Gasteiger partial charge in [0.05, 0.1) is 0 Å². The SMILES string of the molecule is CC(C)[C@H](C)NC(=O)CCc1cccc(F)c1. The summed E-state index contributed by atoms with van der Waals surface area (Å²) in [6.45, 7) is 6.12. The second-order valence-corrected chi connectivity index (χ2v) is 4.73. The number of hydrogen-bond donors (Lipinski definition) is 1. The molecule has 2 nitrogen and oxygen atoms in total. The summed E-state index contributed by atoms with van der Waals surface area (Å²) in [5.41, 5.74) is 0.859. The summed E-state index contributed by atoms with van der Waals surface area (Å²) in [7, 11) is 0. The van der Waals surface area contributed by atoms with Crippen molar-refractivity contribution in [3.63, 3.8) is 0 Å². The first-order chi connectivity index (χ1) is 7.99. The van der Waals surface area contributed by atoms with E-state index in [2.05, 4.69) is 19.2 Å². The van der Waals surface area contributed by atoms with Crippen molar-refractivity contribution < 1.29 is 9.18 Å². The van der Waals surface area contributed by atoms with Gasteiger partial charge in [0.15, 0.2) is 0 Å². The van der Waals surface area contributed by atoms with Crippen molar-refractivity contribution in [3.8, 4) is 0 Å². The van der Waals surface area contributed by atoms with Crippen LogP contribution in [0.25, 0.3) is 0 Å². The fourth-order valence-electron chi connectivity index (χ4n) is 1.44. The van der Waals surface area contributed by atoms with Crippen LogP contribution >= 0.6 is 0 Å². The van der Waals surface area contributed by atoms with Crippen LogP contribution in [0.3, 0.4) is 0 Å². The molecule has 0 saturated carbocycles. The first-order valence-electron chi connectivity index (χ1n) is 6.03. The van der Waals surface area contributed by atoms with E-state index in [0.29, 0.717) is 18.8 Å². The Hall–Kier alpha value is -1.38. The van der Waals surface area contributed by atoms with Crippen LogP contribution in [0.1, 0.15) is 32.8 Å². The smallest absolute Gasteiger partial charge is 0.220 e. The minimum Gasteiger partial charge on any atom is -0.353 e. The van der Waals surface area contributed by atoms with Gasteiger partial charge < -0.3 is 5.32 Å². The third-order valence-electron chi connectivity index (χ3n) is 2.92. The van der Waals surface area contributed by atoms with Gasteiger partial charge in [-0.2, -0.15) is 0 Å². The van der Waals surface area contributed by atoms with Gasteiger partial charge in [-0.05, 0) is 37.0 Å². The van der Waals surface area contributed by atoms with Gasteiger partial charge in [-0.25, -0.2) is 4.39 Å². The van der Waals surface area contributed by atoms with Crippen LogP contribution in [0.4, 0.5) is 4.39 Å². The summed E-state index contributed by atoms with van der Waals surface area (Å²) in [6.07, 6.45) is 0.981. The van der Waals surface area contributed by atoms with Gasteiger partial charge in [-0.3, -0.25) is 4.79 Å². The molecule has 0 spiro atoms. The first kappa shape index (κ1) is 13.7. The maximum Gasteiger partial charge on any atom is 0.220 e. The van der Waals surface area contributed by atoms with Crippen LogP contribution in [0.5, 0.6) is 0 Å². The highest BCUT2D eigenvalue weighted by atomic mass is 19.1. The first-order valence-corrected chi connectivity index (χ1v) is 6.03. The molecule has 0 heterocycles. The largest absolute Gasteiger partial charge is 0.353 e. The van der Waals surface area contributed by atoms with Gasteiger partial charge in [0.2, 0.25) is 5.91 Å². The molecule has 17 heavy (non-hydrogen) atoms. The fraction of sp³-hybridized carbons (Fsp3) is 0.500. The van der Waals surface area contributed by atoms with E-state index < -0.39 is 0 Å². The summed E-state index contributed by atoms with van der Waals surface area (Å²) < 4.78 is 12.9. The van der Waals surface area contributed by atoms with E-state index in [0.717, 1.165) is 5.56 Å². The van der Waals surface area contributed by atoms with E-state index in [4.69, 9.17) is 0 Å². The molecule has 3 heteroatoms. The van der Waals surface area contributed by atoms with Crippen molar-refractivity contribution in [2.45, 2.75) is 39.7 Å². The molecule has 1 aromatic rings. The Morgan fingerprint density at radius 2 is 2.06 bits per heavy atom. The standard InChI is InChI=1S/C14H20FNO/c1-10(2)11(3)16-14(17)8-7-12-5-4-6-13(15)9-12/h4-6,9-11H,7-8H2,1-3H3,(H,16,17)/t11-/m0/s1. The molecular formula is C14H20FNO. The lowest BCUT2D eigenvalue weighted by Crippen LogP contribution is -2.36. The van der Waals surface area contributed by atoms with Gasteiger partial charge >= 0.3 is 0 Å². The second-order valence-electron chi connectivity index (χ2n) is 4.73. The molecule has 1 atom stereocenters. The van der Waals surface area contributed by atoms with Crippen molar-refractivity contribution in [2.24, 2.45) is 5.92 Å². The maximum atomic E-state index is 12.9. The van der Waals surface area contributed by atoms with E-state index in [9.17, 15) is 9.18 Å². The number of carbonyl (C=O) groups excluding carboxylic acids is 1. The van der Waals surface area contributed by atoms with Gasteiger partial charge in [0.1, 0.15) is 5.82 Å². The Morgan fingerprint density at radius 3 is 2.65 bits per heavy atom. The van der Waals surface area contributed by atoms with E-state index >= 15 is 0 Å². The van der Waals surface area contributed by atoms with Crippen LogP contribution in [-0.2, 0) is 11.2 Å². The highest BCUT2D eigenvalue weighted by Crippen LogP contribution is 2.07. The zero-order valence-electron chi connectivity index (χ0n) is 10.7. The van der Waals surface area contributed by atoms with Gasteiger partial charge in [-0.15, -0.1) is 0 Å². The second kappa shape index (κ2) is 6.38. The third-order valence-corrected chi connectivity index (χ3v) is 2.92. The molecule has 94 valence electrons. The predicted molar refractivity (Wildman–Crippen MR) is 67.2 cm³/mol. The monoisotopic (exact) mass is 237 g/mol. The minimum atomic E-state index is -0.251. The molecule has 0 bridgehead atoms. The quantitative estimate of drug-likeness (QED) is 0.838. The Balaban J connectivity index is 2.38. The topological polar surface area (TPSA) is 29.1 Å². The fourth-order valence-corrected chi connectivity index (χ4v) is 1.44. The molecule has 0 radical (unpaired) electrons. The lowest BCUT2D eigenvalue weighted by molar-refractivity contribution is -0.121. The lowest BCUT2D eigenvalue weighted by atomic mass is 10.1. The Bertz CT molecular complexity index is 376. The Morgan fingerprint density at radius 1 is 1.35 bits per heavy atom. The zero-order chi connectivity index (χ0) is 12.8. The molecule has 0 aromatic heterocycles. The van der Waals surface area contributed by atoms with Gasteiger partial charge in [0, 0.05) is 12.5 Å². The molecule has 0 saturated heterocycles. The van der Waals surface area contributed by atoms with E-state index in [1.165, 1.54) is 12.1 Å². The maximum absolute atomic E-state index is 12.9. The number of hydrogen-bond acceptors (Lipinski definition) is 1. The summed E-state index contributed by atoms with van der Waals surface area (Å²) in [5.74, 6) is 0.196. The van der Waals surface area contributed by atoms with Crippen LogP contribution in [-0.4, -0.2) is 11.9 Å². The Kier molecular flexibility index (Phi) is 5.13. The average Bonchev–Trinajstić information content (AvgIpc) is 2.26. The highest BCUT2D eigenvalue weighted by Gasteiger charge is 2.10. The van der Waals surface area contributed by atoms with Crippen LogP contribution in [0.15, 0.2) is 24.3 Å². The number of benzene rings is 1. The number of nitrogens with one attached hydrogen (secondary N) is 1. The normalized spacial score (nSPS) is 12.5. The van der Waals surface area contributed by atoms with Crippen molar-refractivity contribution >= 4 is 5.91 Å². The highest BCUT2D eigenvalue weighted by molar-refractivity contribution is 5.76. The average molecular weight is 237 g/mol. The zero-order valence-corrected chi connectivity index (χ0v) is 10.7. The van der Waals surface area contributed by atoms with Crippen LogP contribution in [0, 0.1) is 11.7 Å². The number of halogens is 1. The van der Waals surface area contributed by atoms with E-state index in [1.807, 2.05) is 13.0 Å². The van der Waals surface area contributed by atoms with E-state index in [1.54, 1.807) is 6.07 Å². The summed E-state index contributed by atoms with van der Waals surface area (Å²) in [6, 6.07) is 6.56. The molecule has 1 amide bonds. The molecule has 1 N–H and O–H groups in total. The van der Waals surface area contributed by atoms with Crippen LogP contribution < -0.4 is 5.32 Å². The predicted octanol–water partition coefficient (Wildman–Crippen LogP) is 2.92. The molecule has 1 aromatic carbocycles. The number of carbonyl (C=O) groups is 1. The van der Waals surface area contributed by atoms with E-state index in [-0.39, 0.29) is 17.8 Å². The molecular weight excluding hydrogens is 217 g/mol. The summed E-state index contributed by atoms with van der Waals surface area (Å²) >= 11 is 0. The van der Waals surface area contributed by atoms with Gasteiger partial charge in [0.25, 0.3) is 0 Å². The molecule has 1 rings (SSSR count). The molecule has 0 aliphatic rings. The minimum absolute atomic E-state index is 0.0236. The third kappa shape index (κ3) is 4.98. The van der Waals surface area contributed by atoms with Crippen LogP contribution in [0.2, 0.25) is 0 Å². The lowest BCUT2D eigenvalue weighted by Gasteiger charge is -2.17. The van der Waals surface area contributed by atoms with Gasteiger partial charge in [-0.1, -0.05) is 26.0 Å². The van der Waals surface area contributed by atoms with Crippen molar-refractivity contribution in [1.29, 1.82) is 0 Å². The van der Waals surface area contributed by atoms with Crippen molar-refractivity contribution in [2.75, 3.05) is 0 Å². The molecule has 0 aliphatic carbocycles.